The Morgan fingerprint density at radius 3 is 2.35 bits per heavy atom. The molecule has 1 aliphatic heterocycles. The Hall–Kier alpha value is -2.03. The highest BCUT2D eigenvalue weighted by molar-refractivity contribution is 5.43. The van der Waals surface area contributed by atoms with Gasteiger partial charge in [0.2, 0.25) is 6.79 Å². The lowest BCUT2D eigenvalue weighted by molar-refractivity contribution is 0.174. The van der Waals surface area contributed by atoms with Gasteiger partial charge in [0, 0.05) is 17.3 Å². The fourth-order valence-electron chi connectivity index (χ4n) is 1.81. The highest BCUT2D eigenvalue weighted by atomic mass is 16.7. The molecule has 3 nitrogen and oxygen atoms in total. The van der Waals surface area contributed by atoms with E-state index in [2.05, 4.69) is 31.8 Å². The molecule has 0 amide bonds. The van der Waals surface area contributed by atoms with Gasteiger partial charge in [-0.3, -0.25) is 4.98 Å². The highest BCUT2D eigenvalue weighted by Crippen LogP contribution is 2.31. The Kier molecular flexibility index (Phi) is 4.28. The largest absolute Gasteiger partial charge is 0.454 e. The normalized spacial score (nSPS) is 12.6. The first kappa shape index (κ1) is 14.4. The molecule has 1 aliphatic rings. The molecule has 20 heavy (non-hydrogen) atoms. The predicted molar refractivity (Wildman–Crippen MR) is 80.2 cm³/mol. The molecule has 2 aromatic rings. The van der Waals surface area contributed by atoms with Crippen molar-refractivity contribution in [2.45, 2.75) is 33.1 Å². The number of rotatable bonds is 0. The van der Waals surface area contributed by atoms with Gasteiger partial charge in [-0.25, -0.2) is 0 Å². The van der Waals surface area contributed by atoms with E-state index < -0.39 is 0 Å². The van der Waals surface area contributed by atoms with Crippen molar-refractivity contribution < 1.29 is 9.47 Å². The first-order valence-electron chi connectivity index (χ1n) is 6.74. The van der Waals surface area contributed by atoms with Crippen LogP contribution < -0.4 is 9.47 Å². The van der Waals surface area contributed by atoms with Gasteiger partial charge in [-0.05, 0) is 36.8 Å². The summed E-state index contributed by atoms with van der Waals surface area (Å²) in [5.74, 6) is 1.71. The third-order valence-electron chi connectivity index (χ3n) is 2.96. The molecule has 2 heterocycles. The molecule has 0 saturated heterocycles. The molecule has 0 bridgehead atoms. The summed E-state index contributed by atoms with van der Waals surface area (Å²) in [4.78, 5) is 4.25. The van der Waals surface area contributed by atoms with E-state index in [1.807, 2.05) is 43.5 Å². The molecule has 1 aromatic heterocycles. The van der Waals surface area contributed by atoms with Crippen LogP contribution in [0.3, 0.4) is 0 Å². The fraction of sp³-hybridized carbons (Fsp3) is 0.353. The monoisotopic (exact) mass is 271 g/mol. The van der Waals surface area contributed by atoms with E-state index in [1.54, 1.807) is 0 Å². The number of hydrogen-bond donors (Lipinski definition) is 0. The molecule has 0 atom stereocenters. The minimum Gasteiger partial charge on any atom is -0.454 e. The third kappa shape index (κ3) is 3.73. The Morgan fingerprint density at radius 2 is 1.75 bits per heavy atom. The standard InChI is InChI=1S/C9H13N.C8H8O2/c1-9(2,3)8-6-4-5-7-10-8;1-6-2-3-7-8(4-6)10-5-9-7/h4-7H,1-3H3;2-4H,5H2,1H3. The van der Waals surface area contributed by atoms with Gasteiger partial charge in [-0.15, -0.1) is 0 Å². The molecule has 3 rings (SSSR count). The fourth-order valence-corrected chi connectivity index (χ4v) is 1.81. The number of hydrogen-bond acceptors (Lipinski definition) is 3. The minimum atomic E-state index is 0.182. The summed E-state index contributed by atoms with van der Waals surface area (Å²) < 4.78 is 10.3. The number of fused-ring (bicyclic) bond motifs is 1. The Labute approximate surface area is 120 Å². The van der Waals surface area contributed by atoms with Gasteiger partial charge in [-0.2, -0.15) is 0 Å². The van der Waals surface area contributed by atoms with E-state index in [0.29, 0.717) is 6.79 Å². The Morgan fingerprint density at radius 1 is 1.00 bits per heavy atom. The van der Waals surface area contributed by atoms with E-state index >= 15 is 0 Å². The summed E-state index contributed by atoms with van der Waals surface area (Å²) in [5.41, 5.74) is 2.53. The van der Waals surface area contributed by atoms with Crippen molar-refractivity contribution in [2.24, 2.45) is 0 Å². The first-order valence-corrected chi connectivity index (χ1v) is 6.74. The van der Waals surface area contributed by atoms with Crippen molar-refractivity contribution in [3.05, 3.63) is 53.9 Å². The van der Waals surface area contributed by atoms with Crippen molar-refractivity contribution in [1.29, 1.82) is 0 Å². The molecular weight excluding hydrogens is 250 g/mol. The zero-order chi connectivity index (χ0) is 14.6. The van der Waals surface area contributed by atoms with Crippen molar-refractivity contribution in [3.63, 3.8) is 0 Å². The van der Waals surface area contributed by atoms with Gasteiger partial charge in [0.15, 0.2) is 11.5 Å². The highest BCUT2D eigenvalue weighted by Gasteiger charge is 2.13. The second-order valence-electron chi connectivity index (χ2n) is 5.82. The van der Waals surface area contributed by atoms with E-state index in [4.69, 9.17) is 9.47 Å². The SMILES string of the molecule is CC(C)(C)c1ccccn1.Cc1ccc2c(c1)OCO2. The number of benzene rings is 1. The van der Waals surface area contributed by atoms with Crippen LogP contribution in [0.4, 0.5) is 0 Å². The molecule has 0 radical (unpaired) electrons. The third-order valence-corrected chi connectivity index (χ3v) is 2.96. The molecule has 0 aliphatic carbocycles. The summed E-state index contributed by atoms with van der Waals surface area (Å²) >= 11 is 0. The predicted octanol–water partition coefficient (Wildman–Crippen LogP) is 4.10. The van der Waals surface area contributed by atoms with E-state index in [9.17, 15) is 0 Å². The number of ether oxygens (including phenoxy) is 2. The summed E-state index contributed by atoms with van der Waals surface area (Å²) in [6.45, 7) is 8.88. The van der Waals surface area contributed by atoms with Crippen LogP contribution in [0.1, 0.15) is 32.0 Å². The van der Waals surface area contributed by atoms with Crippen LogP contribution in [0.25, 0.3) is 0 Å². The molecule has 0 saturated carbocycles. The van der Waals surface area contributed by atoms with Crippen LogP contribution in [0, 0.1) is 6.92 Å². The number of aryl methyl sites for hydroxylation is 1. The lowest BCUT2D eigenvalue weighted by atomic mass is 9.92. The second kappa shape index (κ2) is 5.95. The molecule has 1 aromatic carbocycles. The van der Waals surface area contributed by atoms with Crippen molar-refractivity contribution in [3.8, 4) is 11.5 Å². The Bertz CT molecular complexity index is 559. The van der Waals surface area contributed by atoms with Crippen LogP contribution >= 0.6 is 0 Å². The molecular formula is C17H21NO2. The van der Waals surface area contributed by atoms with E-state index in [-0.39, 0.29) is 5.41 Å². The summed E-state index contributed by atoms with van der Waals surface area (Å²) in [6, 6.07) is 11.9. The smallest absolute Gasteiger partial charge is 0.231 e. The van der Waals surface area contributed by atoms with Crippen molar-refractivity contribution in [2.75, 3.05) is 6.79 Å². The maximum absolute atomic E-state index is 5.16. The zero-order valence-electron chi connectivity index (χ0n) is 12.5. The number of aromatic nitrogens is 1. The summed E-state index contributed by atoms with van der Waals surface area (Å²) in [5, 5.41) is 0. The molecule has 0 unspecified atom stereocenters. The van der Waals surface area contributed by atoms with Gasteiger partial charge in [0.25, 0.3) is 0 Å². The average Bonchev–Trinajstić information content (AvgIpc) is 2.87. The van der Waals surface area contributed by atoms with Crippen molar-refractivity contribution >= 4 is 0 Å². The van der Waals surface area contributed by atoms with Gasteiger partial charge < -0.3 is 9.47 Å². The van der Waals surface area contributed by atoms with Gasteiger partial charge in [0.05, 0.1) is 0 Å². The summed E-state index contributed by atoms with van der Waals surface area (Å²) in [7, 11) is 0. The van der Waals surface area contributed by atoms with Crippen LogP contribution in [-0.2, 0) is 5.41 Å². The number of pyridine rings is 1. The topological polar surface area (TPSA) is 31.4 Å². The van der Waals surface area contributed by atoms with Crippen molar-refractivity contribution in [1.82, 2.24) is 4.98 Å². The average molecular weight is 271 g/mol. The van der Waals surface area contributed by atoms with Crippen LogP contribution in [0.5, 0.6) is 11.5 Å². The number of nitrogens with zero attached hydrogens (tertiary/aromatic N) is 1. The maximum Gasteiger partial charge on any atom is 0.231 e. The minimum absolute atomic E-state index is 0.182. The van der Waals surface area contributed by atoms with Gasteiger partial charge in [-0.1, -0.05) is 32.9 Å². The van der Waals surface area contributed by atoms with Crippen LogP contribution in [-0.4, -0.2) is 11.8 Å². The maximum atomic E-state index is 5.16. The lowest BCUT2D eigenvalue weighted by Gasteiger charge is -2.16. The molecule has 0 spiro atoms. The molecule has 0 N–H and O–H groups in total. The van der Waals surface area contributed by atoms with E-state index in [1.165, 1.54) is 5.56 Å². The van der Waals surface area contributed by atoms with Crippen LogP contribution in [0.2, 0.25) is 0 Å². The lowest BCUT2D eigenvalue weighted by Crippen LogP contribution is -2.12. The summed E-state index contributed by atoms with van der Waals surface area (Å²) in [6.07, 6.45) is 1.83. The quantitative estimate of drug-likeness (QED) is 0.722. The molecule has 0 fully saturated rings. The van der Waals surface area contributed by atoms with Gasteiger partial charge in [0.1, 0.15) is 0 Å². The second-order valence-corrected chi connectivity index (χ2v) is 5.82. The first-order chi connectivity index (χ1) is 9.47. The van der Waals surface area contributed by atoms with Crippen LogP contribution in [0.15, 0.2) is 42.6 Å². The Balaban J connectivity index is 0.000000147. The molecule has 106 valence electrons. The van der Waals surface area contributed by atoms with Gasteiger partial charge >= 0.3 is 0 Å². The molecule has 3 heteroatoms. The zero-order valence-corrected chi connectivity index (χ0v) is 12.5. The van der Waals surface area contributed by atoms with E-state index in [0.717, 1.165) is 17.2 Å².